The van der Waals surface area contributed by atoms with E-state index in [1.165, 1.54) is 10.5 Å². The van der Waals surface area contributed by atoms with Gasteiger partial charge in [-0.1, -0.05) is 6.92 Å². The number of sulfonamides is 1. The van der Waals surface area contributed by atoms with E-state index in [0.717, 1.165) is 32.5 Å². The van der Waals surface area contributed by atoms with Crippen LogP contribution in [0.5, 0.6) is 0 Å². The average molecular weight is 287 g/mol. The third-order valence-electron chi connectivity index (χ3n) is 3.81. The summed E-state index contributed by atoms with van der Waals surface area (Å²) in [6.45, 7) is 4.99. The van der Waals surface area contributed by atoms with Crippen molar-refractivity contribution in [2.75, 3.05) is 32.4 Å². The maximum absolute atomic E-state index is 12.4. The van der Waals surface area contributed by atoms with Crippen molar-refractivity contribution < 1.29 is 8.42 Å². The number of aromatic nitrogens is 2. The molecule has 3 N–H and O–H groups in total. The Morgan fingerprint density at radius 1 is 1.53 bits per heavy atom. The number of rotatable bonds is 4. The molecule has 1 aromatic heterocycles. The smallest absolute Gasteiger partial charge is 0.248 e. The number of piperidine rings is 1. The summed E-state index contributed by atoms with van der Waals surface area (Å²) in [5.74, 6) is 0.0952. The van der Waals surface area contributed by atoms with E-state index < -0.39 is 10.0 Å². The van der Waals surface area contributed by atoms with Crippen molar-refractivity contribution in [1.29, 1.82) is 0 Å². The summed E-state index contributed by atoms with van der Waals surface area (Å²) in [5.41, 5.74) is 5.61. The molecular weight excluding hydrogens is 266 g/mol. The van der Waals surface area contributed by atoms with Crippen LogP contribution in [0.3, 0.4) is 0 Å². The molecule has 108 valence electrons. The van der Waals surface area contributed by atoms with Gasteiger partial charge in [-0.05, 0) is 32.5 Å². The van der Waals surface area contributed by atoms with Crippen LogP contribution >= 0.6 is 0 Å². The number of likely N-dealkylation sites (tertiary alicyclic amines) is 1. The highest BCUT2D eigenvalue weighted by atomic mass is 32.2. The van der Waals surface area contributed by atoms with Crippen molar-refractivity contribution in [3.8, 4) is 0 Å². The van der Waals surface area contributed by atoms with Crippen LogP contribution in [0.15, 0.2) is 11.1 Å². The first-order valence-electron chi connectivity index (χ1n) is 6.46. The second kappa shape index (κ2) is 5.48. The fourth-order valence-electron chi connectivity index (χ4n) is 2.44. The Bertz CT molecular complexity index is 519. The zero-order valence-electron chi connectivity index (χ0n) is 11.3. The summed E-state index contributed by atoms with van der Waals surface area (Å²) >= 11 is 0. The lowest BCUT2D eigenvalue weighted by Gasteiger charge is -2.35. The van der Waals surface area contributed by atoms with Crippen LogP contribution in [-0.4, -0.2) is 60.5 Å². The number of nitrogen functional groups attached to an aromatic ring is 1. The predicted molar refractivity (Wildman–Crippen MR) is 73.1 cm³/mol. The maximum Gasteiger partial charge on any atom is 0.248 e. The second-order valence-corrected chi connectivity index (χ2v) is 6.80. The van der Waals surface area contributed by atoms with E-state index in [1.54, 1.807) is 7.05 Å². The molecule has 0 saturated carbocycles. The summed E-state index contributed by atoms with van der Waals surface area (Å²) in [5, 5.41) is 6.14. The van der Waals surface area contributed by atoms with Gasteiger partial charge < -0.3 is 10.6 Å². The monoisotopic (exact) mass is 287 g/mol. The molecule has 0 aliphatic carbocycles. The van der Waals surface area contributed by atoms with Crippen molar-refractivity contribution in [3.63, 3.8) is 0 Å². The molecule has 0 amide bonds. The van der Waals surface area contributed by atoms with Gasteiger partial charge in [0.15, 0.2) is 0 Å². The van der Waals surface area contributed by atoms with Crippen LogP contribution in [-0.2, 0) is 10.0 Å². The molecule has 7 nitrogen and oxygen atoms in total. The van der Waals surface area contributed by atoms with Crippen molar-refractivity contribution in [3.05, 3.63) is 6.20 Å². The predicted octanol–water partition coefficient (Wildman–Crippen LogP) is 0.0967. The van der Waals surface area contributed by atoms with Gasteiger partial charge in [0.05, 0.1) is 6.20 Å². The first-order valence-corrected chi connectivity index (χ1v) is 7.90. The number of nitrogens with two attached hydrogens (primary N) is 1. The summed E-state index contributed by atoms with van der Waals surface area (Å²) in [6, 6.07) is 0.0297. The summed E-state index contributed by atoms with van der Waals surface area (Å²) in [6.07, 6.45) is 2.96. The quantitative estimate of drug-likeness (QED) is 0.818. The number of H-pyrrole nitrogens is 1. The third kappa shape index (κ3) is 2.75. The molecule has 0 spiro atoms. The first-order chi connectivity index (χ1) is 8.96. The fraction of sp³-hybridized carbons (Fsp3) is 0.727. The average Bonchev–Trinajstić information content (AvgIpc) is 2.85. The van der Waals surface area contributed by atoms with Crippen molar-refractivity contribution in [1.82, 2.24) is 19.4 Å². The van der Waals surface area contributed by atoms with E-state index in [0.29, 0.717) is 0 Å². The zero-order valence-corrected chi connectivity index (χ0v) is 12.2. The lowest BCUT2D eigenvalue weighted by Crippen LogP contribution is -2.45. The molecule has 1 saturated heterocycles. The van der Waals surface area contributed by atoms with Gasteiger partial charge in [-0.15, -0.1) is 0 Å². The normalized spacial score (nSPS) is 19.1. The minimum atomic E-state index is -3.55. The van der Waals surface area contributed by atoms with Gasteiger partial charge in [0.1, 0.15) is 10.7 Å². The second-order valence-electron chi connectivity index (χ2n) is 4.83. The molecule has 1 aliphatic heterocycles. The maximum atomic E-state index is 12.4. The lowest BCUT2D eigenvalue weighted by atomic mass is 10.1. The number of hydrogen-bond donors (Lipinski definition) is 2. The first kappa shape index (κ1) is 14.3. The number of nitrogens with one attached hydrogen (secondary N) is 1. The number of hydrogen-bond acceptors (Lipinski definition) is 5. The van der Waals surface area contributed by atoms with Gasteiger partial charge in [0.25, 0.3) is 0 Å². The highest BCUT2D eigenvalue weighted by molar-refractivity contribution is 7.89. The standard InChI is InChI=1S/C11H21N5O2S/c1-3-16-6-4-9(5-7-16)15(2)19(17,18)10-8-13-14-11(10)12/h8-9H,3-7H2,1-2H3,(H3,12,13,14). The van der Waals surface area contributed by atoms with Crippen LogP contribution < -0.4 is 5.73 Å². The molecule has 0 atom stereocenters. The summed E-state index contributed by atoms with van der Waals surface area (Å²) in [4.78, 5) is 2.39. The van der Waals surface area contributed by atoms with Crippen LogP contribution in [0.1, 0.15) is 19.8 Å². The van der Waals surface area contributed by atoms with Gasteiger partial charge in [-0.3, -0.25) is 5.10 Å². The number of anilines is 1. The molecule has 1 aromatic rings. The summed E-state index contributed by atoms with van der Waals surface area (Å²) < 4.78 is 26.3. The SMILES string of the molecule is CCN1CCC(N(C)S(=O)(=O)c2cn[nH]c2N)CC1. The molecule has 2 rings (SSSR count). The Kier molecular flexibility index (Phi) is 4.12. The lowest BCUT2D eigenvalue weighted by molar-refractivity contribution is 0.176. The Hall–Kier alpha value is -1.12. The fourth-order valence-corrected chi connectivity index (χ4v) is 3.86. The molecule has 19 heavy (non-hydrogen) atoms. The highest BCUT2D eigenvalue weighted by Crippen LogP contribution is 2.24. The molecule has 0 radical (unpaired) electrons. The van der Waals surface area contributed by atoms with Gasteiger partial charge in [0, 0.05) is 13.1 Å². The van der Waals surface area contributed by atoms with Crippen molar-refractivity contribution in [2.24, 2.45) is 0 Å². The van der Waals surface area contributed by atoms with E-state index in [4.69, 9.17) is 5.73 Å². The van der Waals surface area contributed by atoms with Gasteiger partial charge in [0.2, 0.25) is 10.0 Å². The van der Waals surface area contributed by atoms with Crippen LogP contribution in [0.25, 0.3) is 0 Å². The molecule has 8 heteroatoms. The Balaban J connectivity index is 2.12. The number of nitrogens with zero attached hydrogens (tertiary/aromatic N) is 3. The molecule has 1 aliphatic rings. The topological polar surface area (TPSA) is 95.3 Å². The Morgan fingerprint density at radius 3 is 2.63 bits per heavy atom. The summed E-state index contributed by atoms with van der Waals surface area (Å²) in [7, 11) is -1.93. The minimum absolute atomic E-state index is 0.0297. The van der Waals surface area contributed by atoms with Crippen molar-refractivity contribution in [2.45, 2.75) is 30.7 Å². The molecule has 0 aromatic carbocycles. The Labute approximate surface area is 113 Å². The molecule has 0 unspecified atom stereocenters. The van der Waals surface area contributed by atoms with Crippen LogP contribution in [0.2, 0.25) is 0 Å². The van der Waals surface area contributed by atoms with E-state index >= 15 is 0 Å². The minimum Gasteiger partial charge on any atom is -0.383 e. The van der Waals surface area contributed by atoms with Gasteiger partial charge in [-0.25, -0.2) is 8.42 Å². The van der Waals surface area contributed by atoms with E-state index in [9.17, 15) is 8.42 Å². The van der Waals surface area contributed by atoms with E-state index in [2.05, 4.69) is 22.0 Å². The van der Waals surface area contributed by atoms with E-state index in [1.807, 2.05) is 0 Å². The molecule has 1 fully saturated rings. The van der Waals surface area contributed by atoms with Gasteiger partial charge in [-0.2, -0.15) is 9.40 Å². The highest BCUT2D eigenvalue weighted by Gasteiger charge is 2.32. The van der Waals surface area contributed by atoms with Crippen molar-refractivity contribution >= 4 is 15.8 Å². The largest absolute Gasteiger partial charge is 0.383 e. The molecule has 0 bridgehead atoms. The van der Waals surface area contributed by atoms with E-state index in [-0.39, 0.29) is 16.8 Å². The van der Waals surface area contributed by atoms with Crippen LogP contribution in [0.4, 0.5) is 5.82 Å². The Morgan fingerprint density at radius 2 is 2.16 bits per heavy atom. The zero-order chi connectivity index (χ0) is 14.0. The molecule has 2 heterocycles. The third-order valence-corrected chi connectivity index (χ3v) is 5.75. The van der Waals surface area contributed by atoms with Crippen LogP contribution in [0, 0.1) is 0 Å². The molecular formula is C11H21N5O2S. The number of aromatic amines is 1. The van der Waals surface area contributed by atoms with Gasteiger partial charge >= 0.3 is 0 Å².